The van der Waals surface area contributed by atoms with E-state index in [0.29, 0.717) is 42.4 Å². The summed E-state index contributed by atoms with van der Waals surface area (Å²) in [6.07, 6.45) is 1.92. The number of aromatic nitrogens is 2. The standard InChI is InChI=1S/C31H33FN6O5/c1-19-9-14-23(32)24(18-19)36-31(43)35-21-12-10-20(11-13-21)22-6-5-7-25-29(22)30(33)37-38(25)27(40)8-3-2-4-17-34-26(39)15-16-28(41)42/h5-7,9-14,18H,2-4,8,15-17H2,1H3,(H2,33,37)(H,34,39)(H,41,42)(H2,35,36,43). The molecule has 3 amide bonds. The molecule has 4 aromatic rings. The molecule has 0 radical (unpaired) electrons. The monoisotopic (exact) mass is 588 g/mol. The number of urea groups is 1. The van der Waals surface area contributed by atoms with E-state index in [4.69, 9.17) is 10.8 Å². The molecule has 11 nitrogen and oxygen atoms in total. The van der Waals surface area contributed by atoms with Crippen LogP contribution >= 0.6 is 0 Å². The number of benzene rings is 3. The number of nitrogens with zero attached hydrogens (tertiary/aromatic N) is 2. The van der Waals surface area contributed by atoms with Crippen LogP contribution in [-0.4, -0.2) is 45.2 Å². The molecule has 0 saturated carbocycles. The maximum absolute atomic E-state index is 14.0. The maximum Gasteiger partial charge on any atom is 0.323 e. The van der Waals surface area contributed by atoms with Gasteiger partial charge < -0.3 is 26.8 Å². The number of carbonyl (C=O) groups excluding carboxylic acids is 3. The van der Waals surface area contributed by atoms with Gasteiger partial charge in [0.25, 0.3) is 0 Å². The van der Waals surface area contributed by atoms with Crippen molar-refractivity contribution >= 4 is 51.9 Å². The smallest absolute Gasteiger partial charge is 0.323 e. The van der Waals surface area contributed by atoms with Crippen molar-refractivity contribution in [2.45, 2.75) is 45.4 Å². The molecule has 3 aromatic carbocycles. The van der Waals surface area contributed by atoms with E-state index in [9.17, 15) is 23.6 Å². The fourth-order valence-electron chi connectivity index (χ4n) is 4.60. The Bertz CT molecular complexity index is 1650. The van der Waals surface area contributed by atoms with Gasteiger partial charge in [0.2, 0.25) is 11.8 Å². The average Bonchev–Trinajstić information content (AvgIpc) is 3.32. The fraction of sp³-hybridized carbons (Fsp3) is 0.258. The maximum atomic E-state index is 14.0. The number of aryl methyl sites for hydroxylation is 1. The number of anilines is 3. The largest absolute Gasteiger partial charge is 0.481 e. The zero-order valence-electron chi connectivity index (χ0n) is 23.7. The average molecular weight is 589 g/mol. The highest BCUT2D eigenvalue weighted by molar-refractivity contribution is 6.05. The van der Waals surface area contributed by atoms with Gasteiger partial charge in [0.15, 0.2) is 5.82 Å². The Labute approximate surface area is 247 Å². The summed E-state index contributed by atoms with van der Waals surface area (Å²) in [6.45, 7) is 2.22. The molecule has 4 rings (SSSR count). The zero-order chi connectivity index (χ0) is 30.9. The van der Waals surface area contributed by atoms with Crippen molar-refractivity contribution in [3.63, 3.8) is 0 Å². The quantitative estimate of drug-likeness (QED) is 0.135. The van der Waals surface area contributed by atoms with Crippen LogP contribution in [0.15, 0.2) is 60.7 Å². The van der Waals surface area contributed by atoms with Gasteiger partial charge in [0.05, 0.1) is 23.0 Å². The van der Waals surface area contributed by atoms with E-state index in [1.807, 2.05) is 12.1 Å². The molecule has 0 aliphatic heterocycles. The van der Waals surface area contributed by atoms with Gasteiger partial charge in [-0.15, -0.1) is 5.10 Å². The predicted octanol–water partition coefficient (Wildman–Crippen LogP) is 5.56. The first-order valence-corrected chi connectivity index (χ1v) is 13.9. The Hall–Kier alpha value is -5.26. The molecule has 0 aliphatic carbocycles. The summed E-state index contributed by atoms with van der Waals surface area (Å²) in [5.41, 5.74) is 9.79. The number of aliphatic carboxylic acids is 1. The number of unbranched alkanes of at least 4 members (excludes halogenated alkanes) is 2. The zero-order valence-corrected chi connectivity index (χ0v) is 23.7. The molecule has 0 unspecified atom stereocenters. The van der Waals surface area contributed by atoms with Crippen molar-refractivity contribution in [1.29, 1.82) is 0 Å². The lowest BCUT2D eigenvalue weighted by Crippen LogP contribution is -2.24. The lowest BCUT2D eigenvalue weighted by Gasteiger charge is -2.10. The van der Waals surface area contributed by atoms with Crippen LogP contribution in [0.2, 0.25) is 0 Å². The van der Waals surface area contributed by atoms with Crippen molar-refractivity contribution in [3.05, 3.63) is 72.0 Å². The fourth-order valence-corrected chi connectivity index (χ4v) is 4.60. The topological polar surface area (TPSA) is 168 Å². The number of hydrogen-bond donors (Lipinski definition) is 5. The van der Waals surface area contributed by atoms with Crippen molar-refractivity contribution in [3.8, 4) is 11.1 Å². The van der Waals surface area contributed by atoms with Crippen molar-refractivity contribution in [1.82, 2.24) is 15.1 Å². The summed E-state index contributed by atoms with van der Waals surface area (Å²) in [6, 6.07) is 16.4. The third kappa shape index (κ3) is 8.15. The minimum atomic E-state index is -1.02. The third-order valence-electron chi connectivity index (χ3n) is 6.75. The van der Waals surface area contributed by atoms with Gasteiger partial charge in [0.1, 0.15) is 5.82 Å². The van der Waals surface area contributed by atoms with E-state index < -0.39 is 17.8 Å². The number of amides is 3. The number of carboxylic acids is 1. The highest BCUT2D eigenvalue weighted by atomic mass is 19.1. The van der Waals surface area contributed by atoms with E-state index in [0.717, 1.165) is 16.7 Å². The Morgan fingerprint density at radius 2 is 1.70 bits per heavy atom. The highest BCUT2D eigenvalue weighted by Gasteiger charge is 2.18. The summed E-state index contributed by atoms with van der Waals surface area (Å²) in [7, 11) is 0. The van der Waals surface area contributed by atoms with E-state index >= 15 is 0 Å². The van der Waals surface area contributed by atoms with Crippen LogP contribution in [0.5, 0.6) is 0 Å². The number of nitrogens with one attached hydrogen (secondary N) is 3. The second-order valence-electron chi connectivity index (χ2n) is 10.1. The second-order valence-corrected chi connectivity index (χ2v) is 10.1. The molecule has 0 atom stereocenters. The Morgan fingerprint density at radius 1 is 0.930 bits per heavy atom. The Morgan fingerprint density at radius 3 is 2.44 bits per heavy atom. The number of hydrogen-bond acceptors (Lipinski definition) is 6. The van der Waals surface area contributed by atoms with Crippen molar-refractivity contribution in [2.24, 2.45) is 0 Å². The van der Waals surface area contributed by atoms with Gasteiger partial charge in [-0.05, 0) is 66.8 Å². The van der Waals surface area contributed by atoms with Crippen LogP contribution in [-0.2, 0) is 9.59 Å². The lowest BCUT2D eigenvalue weighted by atomic mass is 10.0. The van der Waals surface area contributed by atoms with Gasteiger partial charge in [0, 0.05) is 25.1 Å². The number of halogens is 1. The van der Waals surface area contributed by atoms with Crippen LogP contribution < -0.4 is 21.7 Å². The molecule has 0 saturated heterocycles. The Balaban J connectivity index is 1.35. The number of nitrogen functional groups attached to an aromatic ring is 1. The molecule has 0 aliphatic rings. The van der Waals surface area contributed by atoms with Crippen LogP contribution in [0, 0.1) is 12.7 Å². The SMILES string of the molecule is Cc1ccc(F)c(NC(=O)Nc2ccc(-c3cccc4c3c(N)nn4C(=O)CCCCCNC(=O)CCC(=O)O)cc2)c1. The number of carbonyl (C=O) groups is 4. The normalized spacial score (nSPS) is 10.8. The van der Waals surface area contributed by atoms with Gasteiger partial charge in [-0.25, -0.2) is 9.18 Å². The van der Waals surface area contributed by atoms with E-state index in [1.54, 1.807) is 49.4 Å². The van der Waals surface area contributed by atoms with Gasteiger partial charge in [-0.2, -0.15) is 4.68 Å². The molecular formula is C31H33FN6O5. The summed E-state index contributed by atoms with van der Waals surface area (Å²) >= 11 is 0. The van der Waals surface area contributed by atoms with Gasteiger partial charge in [-0.1, -0.05) is 36.8 Å². The summed E-state index contributed by atoms with van der Waals surface area (Å²) < 4.78 is 15.3. The molecule has 43 heavy (non-hydrogen) atoms. The van der Waals surface area contributed by atoms with Crippen LogP contribution in [0.25, 0.3) is 22.0 Å². The summed E-state index contributed by atoms with van der Waals surface area (Å²) in [5.74, 6) is -1.85. The molecular weight excluding hydrogens is 555 g/mol. The minimum absolute atomic E-state index is 0.0569. The van der Waals surface area contributed by atoms with E-state index in [2.05, 4.69) is 21.0 Å². The van der Waals surface area contributed by atoms with E-state index in [1.165, 1.54) is 10.7 Å². The third-order valence-corrected chi connectivity index (χ3v) is 6.75. The molecule has 0 spiro atoms. The Kier molecular flexibility index (Phi) is 10.0. The molecule has 224 valence electrons. The molecule has 1 aromatic heterocycles. The minimum Gasteiger partial charge on any atom is -0.481 e. The van der Waals surface area contributed by atoms with E-state index in [-0.39, 0.29) is 42.6 Å². The molecule has 0 bridgehead atoms. The van der Waals surface area contributed by atoms with Gasteiger partial charge in [-0.3, -0.25) is 14.4 Å². The predicted molar refractivity (Wildman–Crippen MR) is 162 cm³/mol. The first-order chi connectivity index (χ1) is 20.6. The highest BCUT2D eigenvalue weighted by Crippen LogP contribution is 2.33. The van der Waals surface area contributed by atoms with Crippen molar-refractivity contribution in [2.75, 3.05) is 22.9 Å². The number of carboxylic acid groups (broad SMARTS) is 1. The van der Waals surface area contributed by atoms with Crippen LogP contribution in [0.4, 0.5) is 26.4 Å². The molecule has 0 fully saturated rings. The summed E-state index contributed by atoms with van der Waals surface area (Å²) in [5, 5.41) is 21.4. The molecule has 6 N–H and O–H groups in total. The first-order valence-electron chi connectivity index (χ1n) is 13.9. The molecule has 1 heterocycles. The number of rotatable bonds is 12. The van der Waals surface area contributed by atoms with Crippen molar-refractivity contribution < 1.29 is 28.7 Å². The van der Waals surface area contributed by atoms with Crippen LogP contribution in [0.1, 0.15) is 48.9 Å². The van der Waals surface area contributed by atoms with Gasteiger partial charge >= 0.3 is 12.0 Å². The molecule has 12 heteroatoms. The second kappa shape index (κ2) is 14.1. The van der Waals surface area contributed by atoms with Crippen LogP contribution in [0.3, 0.4) is 0 Å². The lowest BCUT2D eigenvalue weighted by molar-refractivity contribution is -0.138. The first kappa shape index (κ1) is 30.7. The number of nitrogens with two attached hydrogens (primary N) is 1. The number of fused-ring (bicyclic) bond motifs is 1. The summed E-state index contributed by atoms with van der Waals surface area (Å²) in [4.78, 5) is 47.5.